The molecule has 1 aromatic heterocycles. The summed E-state index contributed by atoms with van der Waals surface area (Å²) in [5.41, 5.74) is 0.249. The van der Waals surface area contributed by atoms with E-state index in [1.807, 2.05) is 13.8 Å². The molecule has 7 heteroatoms. The lowest BCUT2D eigenvalue weighted by Gasteiger charge is -2.41. The molecule has 2 aliphatic rings. The van der Waals surface area contributed by atoms with Gasteiger partial charge in [0.25, 0.3) is 11.8 Å². The maximum absolute atomic E-state index is 13.0. The van der Waals surface area contributed by atoms with Gasteiger partial charge >= 0.3 is 0 Å². The first-order chi connectivity index (χ1) is 11.4. The first-order valence-corrected chi connectivity index (χ1v) is 8.26. The van der Waals surface area contributed by atoms with E-state index in [1.54, 1.807) is 36.3 Å². The predicted molar refractivity (Wildman–Crippen MR) is 92.7 cm³/mol. The fourth-order valence-corrected chi connectivity index (χ4v) is 3.77. The number of aryl methyl sites for hydroxylation is 1. The van der Waals surface area contributed by atoms with Gasteiger partial charge in [0, 0.05) is 11.1 Å². The molecule has 0 saturated carbocycles. The fourth-order valence-electron chi connectivity index (χ4n) is 2.77. The van der Waals surface area contributed by atoms with Gasteiger partial charge in [-0.2, -0.15) is 10.3 Å². The van der Waals surface area contributed by atoms with E-state index in [0.29, 0.717) is 16.4 Å². The summed E-state index contributed by atoms with van der Waals surface area (Å²) in [5, 5.41) is 12.7. The van der Waals surface area contributed by atoms with Crippen molar-refractivity contribution in [3.8, 4) is 6.07 Å². The molecule has 0 spiro atoms. The van der Waals surface area contributed by atoms with Crippen molar-refractivity contribution in [3.63, 3.8) is 0 Å². The number of amidine groups is 1. The van der Waals surface area contributed by atoms with Gasteiger partial charge in [-0.1, -0.05) is 6.08 Å². The van der Waals surface area contributed by atoms with Crippen molar-refractivity contribution in [2.24, 2.45) is 4.99 Å². The van der Waals surface area contributed by atoms with Crippen LogP contribution in [-0.2, 0) is 9.59 Å². The molecule has 0 aliphatic carbocycles. The van der Waals surface area contributed by atoms with Crippen LogP contribution in [0.4, 0.5) is 5.00 Å². The smallest absolute Gasteiger partial charge is 0.251 e. The van der Waals surface area contributed by atoms with Crippen molar-refractivity contribution < 1.29 is 9.59 Å². The Morgan fingerprint density at radius 1 is 1.46 bits per heavy atom. The molecule has 2 aliphatic heterocycles. The second-order valence-corrected chi connectivity index (χ2v) is 7.16. The molecule has 0 saturated heterocycles. The largest absolute Gasteiger partial charge is 0.317 e. The number of nitrogens with one attached hydrogen (secondary N) is 1. The van der Waals surface area contributed by atoms with Gasteiger partial charge < -0.3 is 10.2 Å². The maximum atomic E-state index is 13.0. The van der Waals surface area contributed by atoms with E-state index in [1.165, 1.54) is 11.3 Å². The lowest BCUT2D eigenvalue weighted by molar-refractivity contribution is -0.130. The van der Waals surface area contributed by atoms with Crippen LogP contribution in [0.15, 0.2) is 29.4 Å². The van der Waals surface area contributed by atoms with Gasteiger partial charge in [-0.05, 0) is 38.5 Å². The van der Waals surface area contributed by atoms with Crippen molar-refractivity contribution in [1.29, 1.82) is 5.26 Å². The third-order valence-corrected chi connectivity index (χ3v) is 5.44. The van der Waals surface area contributed by atoms with Gasteiger partial charge in [0.15, 0.2) is 0 Å². The summed E-state index contributed by atoms with van der Waals surface area (Å²) in [6.07, 6.45) is 6.97. The summed E-state index contributed by atoms with van der Waals surface area (Å²) in [6, 6.07) is 2.14. The highest BCUT2D eigenvalue weighted by molar-refractivity contribution is 7.16. The Hall–Kier alpha value is -2.72. The highest BCUT2D eigenvalue weighted by Crippen LogP contribution is 2.34. The minimum Gasteiger partial charge on any atom is -0.317 e. The molecule has 2 amide bonds. The van der Waals surface area contributed by atoms with Gasteiger partial charge in [0.2, 0.25) is 0 Å². The molecular weight excluding hydrogens is 324 g/mol. The highest BCUT2D eigenvalue weighted by Gasteiger charge is 2.45. The van der Waals surface area contributed by atoms with E-state index >= 15 is 0 Å². The molecule has 0 radical (unpaired) electrons. The Morgan fingerprint density at radius 2 is 2.21 bits per heavy atom. The zero-order valence-corrected chi connectivity index (χ0v) is 14.4. The number of hydrogen-bond donors (Lipinski definition) is 1. The Morgan fingerprint density at radius 3 is 2.92 bits per heavy atom. The molecule has 0 aromatic carbocycles. The number of nitriles is 1. The van der Waals surface area contributed by atoms with E-state index in [0.717, 1.165) is 10.4 Å². The van der Waals surface area contributed by atoms with Crippen LogP contribution in [-0.4, -0.2) is 28.1 Å². The van der Waals surface area contributed by atoms with E-state index in [4.69, 9.17) is 0 Å². The monoisotopic (exact) mass is 340 g/mol. The van der Waals surface area contributed by atoms with Crippen LogP contribution in [0.2, 0.25) is 0 Å². The summed E-state index contributed by atoms with van der Waals surface area (Å²) < 4.78 is 0. The van der Waals surface area contributed by atoms with Crippen LogP contribution >= 0.6 is 11.3 Å². The Kier molecular flexibility index (Phi) is 3.85. The standard InChI is InChI=1S/C17H16N4O2S/c1-10-11(2)24-15(12(10)9-18)20-16(23)17(3)8-14(22)19-13-6-4-5-7-21(13)17/h4-7H,8H2,1-3H3,(H,20,23). The third kappa shape index (κ3) is 2.45. The summed E-state index contributed by atoms with van der Waals surface area (Å²) in [6.45, 7) is 5.47. The van der Waals surface area contributed by atoms with Gasteiger partial charge in [0.05, 0.1) is 12.0 Å². The fraction of sp³-hybridized carbons (Fsp3) is 0.294. The zero-order valence-electron chi connectivity index (χ0n) is 13.6. The molecule has 1 aromatic rings. The van der Waals surface area contributed by atoms with E-state index in [2.05, 4.69) is 16.4 Å². The number of thiophene rings is 1. The lowest BCUT2D eigenvalue weighted by Crippen LogP contribution is -2.58. The van der Waals surface area contributed by atoms with E-state index in [-0.39, 0.29) is 18.2 Å². The minimum absolute atomic E-state index is 0.0221. The number of amides is 2. The Bertz CT molecular complexity index is 872. The number of carbonyl (C=O) groups is 2. The maximum Gasteiger partial charge on any atom is 0.251 e. The van der Waals surface area contributed by atoms with Crippen LogP contribution in [0.25, 0.3) is 0 Å². The van der Waals surface area contributed by atoms with Crippen molar-refractivity contribution in [2.75, 3.05) is 5.32 Å². The number of carbonyl (C=O) groups excluding carboxylic acids is 2. The molecule has 1 unspecified atom stereocenters. The summed E-state index contributed by atoms with van der Waals surface area (Å²) in [4.78, 5) is 31.6. The first-order valence-electron chi connectivity index (χ1n) is 7.44. The first kappa shape index (κ1) is 16.1. The number of hydrogen-bond acceptors (Lipinski definition) is 5. The van der Waals surface area contributed by atoms with Crippen LogP contribution in [0.1, 0.15) is 29.3 Å². The molecule has 24 heavy (non-hydrogen) atoms. The van der Waals surface area contributed by atoms with Crippen LogP contribution in [0.3, 0.4) is 0 Å². The van der Waals surface area contributed by atoms with E-state index < -0.39 is 5.54 Å². The molecule has 1 atom stereocenters. The SMILES string of the molecule is Cc1sc(NC(=O)C2(C)CC(=O)N=C3C=CC=CN32)c(C#N)c1C. The van der Waals surface area contributed by atoms with Gasteiger partial charge in [0.1, 0.15) is 22.4 Å². The van der Waals surface area contributed by atoms with Gasteiger partial charge in [-0.25, -0.2) is 0 Å². The number of rotatable bonds is 2. The molecule has 122 valence electrons. The van der Waals surface area contributed by atoms with Crippen molar-refractivity contribution in [1.82, 2.24) is 4.90 Å². The van der Waals surface area contributed by atoms with Crippen molar-refractivity contribution in [3.05, 3.63) is 40.4 Å². The van der Waals surface area contributed by atoms with Gasteiger partial charge in [-0.15, -0.1) is 11.3 Å². The van der Waals surface area contributed by atoms with Crippen LogP contribution < -0.4 is 5.32 Å². The predicted octanol–water partition coefficient (Wildman–Crippen LogP) is 2.65. The molecule has 0 fully saturated rings. The van der Waals surface area contributed by atoms with Crippen molar-refractivity contribution in [2.45, 2.75) is 32.7 Å². The average molecular weight is 340 g/mol. The number of anilines is 1. The van der Waals surface area contributed by atoms with Gasteiger partial charge in [-0.3, -0.25) is 9.59 Å². The second-order valence-electron chi connectivity index (χ2n) is 5.94. The second kappa shape index (κ2) is 5.73. The number of nitrogens with zero attached hydrogens (tertiary/aromatic N) is 3. The summed E-state index contributed by atoms with van der Waals surface area (Å²) >= 11 is 1.37. The summed E-state index contributed by atoms with van der Waals surface area (Å²) in [7, 11) is 0. The number of allylic oxidation sites excluding steroid dienone is 2. The molecule has 6 nitrogen and oxygen atoms in total. The molecule has 1 N–H and O–H groups in total. The zero-order chi connectivity index (χ0) is 17.5. The van der Waals surface area contributed by atoms with Crippen molar-refractivity contribution >= 4 is 34.0 Å². The minimum atomic E-state index is -1.09. The van der Waals surface area contributed by atoms with E-state index in [9.17, 15) is 14.9 Å². The Balaban J connectivity index is 1.95. The Labute approximate surface area is 143 Å². The lowest BCUT2D eigenvalue weighted by atomic mass is 9.91. The quantitative estimate of drug-likeness (QED) is 0.897. The number of fused-ring (bicyclic) bond motifs is 1. The third-order valence-electron chi connectivity index (χ3n) is 4.32. The molecule has 3 heterocycles. The molecular formula is C17H16N4O2S. The van der Waals surface area contributed by atoms with Crippen LogP contribution in [0, 0.1) is 25.2 Å². The topological polar surface area (TPSA) is 85.6 Å². The normalized spacial score (nSPS) is 22.0. The highest BCUT2D eigenvalue weighted by atomic mass is 32.1. The number of aliphatic imine (C=N–C) groups is 1. The molecule has 3 rings (SSSR count). The molecule has 0 bridgehead atoms. The summed E-state index contributed by atoms with van der Waals surface area (Å²) in [5.74, 6) is -0.218. The van der Waals surface area contributed by atoms with Crippen LogP contribution in [0.5, 0.6) is 0 Å². The average Bonchev–Trinajstić information content (AvgIpc) is 2.80.